The number of hydrogen-bond acceptors (Lipinski definition) is 3. The van der Waals surface area contributed by atoms with Gasteiger partial charge in [0.25, 0.3) is 0 Å². The van der Waals surface area contributed by atoms with E-state index >= 15 is 0 Å². The van der Waals surface area contributed by atoms with Gasteiger partial charge in [0.15, 0.2) is 5.13 Å². The van der Waals surface area contributed by atoms with E-state index in [4.69, 9.17) is 5.73 Å². The third-order valence-electron chi connectivity index (χ3n) is 3.64. The number of aromatic nitrogens is 2. The Bertz CT molecular complexity index is 817. The highest BCUT2D eigenvalue weighted by Crippen LogP contribution is 2.31. The molecular formula is C16H16FN3S. The van der Waals surface area contributed by atoms with E-state index in [2.05, 4.69) is 11.1 Å². The van der Waals surface area contributed by atoms with Crippen molar-refractivity contribution in [2.75, 3.05) is 5.73 Å². The van der Waals surface area contributed by atoms with Gasteiger partial charge < -0.3 is 10.3 Å². The van der Waals surface area contributed by atoms with Crippen LogP contribution in [-0.4, -0.2) is 9.55 Å². The van der Waals surface area contributed by atoms with Crippen LogP contribution in [0.1, 0.15) is 17.0 Å². The molecule has 2 N–H and O–H groups in total. The van der Waals surface area contributed by atoms with Crippen LogP contribution in [0, 0.1) is 26.6 Å². The Hall–Kier alpha value is -2.14. The molecule has 3 aromatic rings. The third kappa shape index (κ3) is 2.34. The predicted molar refractivity (Wildman–Crippen MR) is 85.5 cm³/mol. The molecule has 0 atom stereocenters. The molecule has 108 valence electrons. The summed E-state index contributed by atoms with van der Waals surface area (Å²) in [5.74, 6) is -0.195. The first-order valence-corrected chi connectivity index (χ1v) is 7.52. The highest BCUT2D eigenvalue weighted by Gasteiger charge is 2.15. The SMILES string of the molecule is Cc1ccc(-n2c(C)cc(-c3csc(N)n3)c2C)cc1F. The van der Waals surface area contributed by atoms with E-state index in [9.17, 15) is 4.39 Å². The van der Waals surface area contributed by atoms with Gasteiger partial charge in [-0.3, -0.25) is 0 Å². The van der Waals surface area contributed by atoms with Gasteiger partial charge in [0.05, 0.1) is 5.69 Å². The Morgan fingerprint density at radius 2 is 1.95 bits per heavy atom. The van der Waals surface area contributed by atoms with E-state index in [-0.39, 0.29) is 5.82 Å². The lowest BCUT2D eigenvalue weighted by molar-refractivity contribution is 0.617. The number of rotatable bonds is 2. The van der Waals surface area contributed by atoms with Gasteiger partial charge in [0.1, 0.15) is 5.82 Å². The van der Waals surface area contributed by atoms with Crippen LogP contribution >= 0.6 is 11.3 Å². The predicted octanol–water partition coefficient (Wildman–Crippen LogP) is 4.25. The fraction of sp³-hybridized carbons (Fsp3) is 0.188. The van der Waals surface area contributed by atoms with Crippen molar-refractivity contribution in [3.63, 3.8) is 0 Å². The molecule has 0 unspecified atom stereocenters. The molecule has 3 nitrogen and oxygen atoms in total. The van der Waals surface area contributed by atoms with E-state index in [1.165, 1.54) is 11.3 Å². The summed E-state index contributed by atoms with van der Waals surface area (Å²) in [6.07, 6.45) is 0. The van der Waals surface area contributed by atoms with Crippen LogP contribution in [0.15, 0.2) is 29.6 Å². The number of benzene rings is 1. The largest absolute Gasteiger partial charge is 0.375 e. The van der Waals surface area contributed by atoms with Crippen molar-refractivity contribution >= 4 is 16.5 Å². The number of thiazole rings is 1. The second kappa shape index (κ2) is 5.00. The molecule has 0 saturated carbocycles. The molecule has 3 rings (SSSR count). The number of hydrogen-bond donors (Lipinski definition) is 1. The fourth-order valence-corrected chi connectivity index (χ4v) is 3.11. The molecule has 0 amide bonds. The summed E-state index contributed by atoms with van der Waals surface area (Å²) in [6, 6.07) is 7.35. The molecule has 0 aliphatic carbocycles. The number of aryl methyl sites for hydroxylation is 2. The summed E-state index contributed by atoms with van der Waals surface area (Å²) < 4.78 is 15.9. The monoisotopic (exact) mass is 301 g/mol. The van der Waals surface area contributed by atoms with Crippen LogP contribution < -0.4 is 5.73 Å². The van der Waals surface area contributed by atoms with Gasteiger partial charge in [-0.15, -0.1) is 11.3 Å². The van der Waals surface area contributed by atoms with Crippen molar-refractivity contribution in [1.29, 1.82) is 0 Å². The van der Waals surface area contributed by atoms with Crippen molar-refractivity contribution in [1.82, 2.24) is 9.55 Å². The van der Waals surface area contributed by atoms with Crippen LogP contribution in [0.5, 0.6) is 0 Å². The Balaban J connectivity index is 2.16. The van der Waals surface area contributed by atoms with Gasteiger partial charge in [0.2, 0.25) is 0 Å². The Morgan fingerprint density at radius 1 is 1.19 bits per heavy atom. The second-order valence-electron chi connectivity index (χ2n) is 5.12. The van der Waals surface area contributed by atoms with Crippen molar-refractivity contribution in [2.24, 2.45) is 0 Å². The maximum atomic E-state index is 13.8. The summed E-state index contributed by atoms with van der Waals surface area (Å²) >= 11 is 1.42. The average molecular weight is 301 g/mol. The third-order valence-corrected chi connectivity index (χ3v) is 4.32. The molecule has 0 fully saturated rings. The molecular weight excluding hydrogens is 285 g/mol. The highest BCUT2D eigenvalue weighted by atomic mass is 32.1. The van der Waals surface area contributed by atoms with E-state index < -0.39 is 0 Å². The van der Waals surface area contributed by atoms with Gasteiger partial charge in [0, 0.05) is 28.0 Å². The highest BCUT2D eigenvalue weighted by molar-refractivity contribution is 7.13. The van der Waals surface area contributed by atoms with Crippen LogP contribution in [0.2, 0.25) is 0 Å². The first-order chi connectivity index (χ1) is 9.97. The first-order valence-electron chi connectivity index (χ1n) is 6.64. The first kappa shape index (κ1) is 13.8. The van der Waals surface area contributed by atoms with Gasteiger partial charge in [-0.05, 0) is 44.5 Å². The van der Waals surface area contributed by atoms with Gasteiger partial charge in [-0.1, -0.05) is 6.07 Å². The van der Waals surface area contributed by atoms with Crippen molar-refractivity contribution < 1.29 is 4.39 Å². The summed E-state index contributed by atoms with van der Waals surface area (Å²) in [7, 11) is 0. The Labute approximate surface area is 126 Å². The molecule has 2 aromatic heterocycles. The summed E-state index contributed by atoms with van der Waals surface area (Å²) in [6.45, 7) is 5.78. The van der Waals surface area contributed by atoms with Crippen LogP contribution in [0.3, 0.4) is 0 Å². The molecule has 1 aromatic carbocycles. The zero-order valence-corrected chi connectivity index (χ0v) is 13.0. The van der Waals surface area contributed by atoms with Crippen LogP contribution in [0.25, 0.3) is 16.9 Å². The van der Waals surface area contributed by atoms with E-state index in [0.717, 1.165) is 28.3 Å². The van der Waals surface area contributed by atoms with Crippen LogP contribution in [0.4, 0.5) is 9.52 Å². The zero-order valence-electron chi connectivity index (χ0n) is 12.1. The Morgan fingerprint density at radius 3 is 2.57 bits per heavy atom. The normalized spacial score (nSPS) is 11.0. The molecule has 0 saturated heterocycles. The number of halogens is 1. The smallest absolute Gasteiger partial charge is 0.180 e. The molecule has 2 heterocycles. The minimum Gasteiger partial charge on any atom is -0.375 e. The number of nitrogens with zero attached hydrogens (tertiary/aromatic N) is 2. The zero-order chi connectivity index (χ0) is 15.1. The summed E-state index contributed by atoms with van der Waals surface area (Å²) in [4.78, 5) is 4.33. The van der Waals surface area contributed by atoms with Crippen LogP contribution in [-0.2, 0) is 0 Å². The van der Waals surface area contributed by atoms with Gasteiger partial charge in [-0.2, -0.15) is 0 Å². The fourth-order valence-electron chi connectivity index (χ4n) is 2.55. The number of anilines is 1. The van der Waals surface area contributed by atoms with E-state index in [1.54, 1.807) is 19.1 Å². The van der Waals surface area contributed by atoms with Gasteiger partial charge in [-0.25, -0.2) is 9.37 Å². The van der Waals surface area contributed by atoms with Crippen molar-refractivity contribution in [3.05, 3.63) is 52.4 Å². The summed E-state index contributed by atoms with van der Waals surface area (Å²) in [5, 5.41) is 2.49. The van der Waals surface area contributed by atoms with E-state index in [0.29, 0.717) is 10.7 Å². The van der Waals surface area contributed by atoms with E-state index in [1.807, 2.05) is 29.9 Å². The molecule has 5 heteroatoms. The lowest BCUT2D eigenvalue weighted by atomic mass is 10.2. The number of nitrogens with two attached hydrogens (primary N) is 1. The number of nitrogen functional groups attached to an aromatic ring is 1. The molecule has 0 radical (unpaired) electrons. The summed E-state index contributed by atoms with van der Waals surface area (Å²) in [5.41, 5.74) is 11.1. The van der Waals surface area contributed by atoms with Gasteiger partial charge >= 0.3 is 0 Å². The lowest BCUT2D eigenvalue weighted by Gasteiger charge is -2.10. The molecule has 0 bridgehead atoms. The quantitative estimate of drug-likeness (QED) is 0.769. The lowest BCUT2D eigenvalue weighted by Crippen LogP contribution is -2.00. The minimum absolute atomic E-state index is 0.195. The molecule has 0 aliphatic heterocycles. The maximum Gasteiger partial charge on any atom is 0.180 e. The van der Waals surface area contributed by atoms with Crippen molar-refractivity contribution in [2.45, 2.75) is 20.8 Å². The average Bonchev–Trinajstić information content (AvgIpc) is 2.97. The molecule has 0 spiro atoms. The molecule has 21 heavy (non-hydrogen) atoms. The topological polar surface area (TPSA) is 43.8 Å². The molecule has 0 aliphatic rings. The standard InChI is InChI=1S/C16H16FN3S/c1-9-4-5-12(7-14(9)17)20-10(2)6-13(11(20)3)15-8-21-16(18)19-15/h4-8H,1-3H3,(H2,18,19). The maximum absolute atomic E-state index is 13.8. The Kier molecular flexibility index (Phi) is 3.29. The van der Waals surface area contributed by atoms with Crippen molar-refractivity contribution in [3.8, 4) is 16.9 Å². The minimum atomic E-state index is -0.195. The second-order valence-corrected chi connectivity index (χ2v) is 6.01.